The number of para-hydroxylation sites is 1. The molecule has 0 fully saturated rings. The molecule has 0 N–H and O–H groups in total. The fourth-order valence-corrected chi connectivity index (χ4v) is 2.16. The van der Waals surface area contributed by atoms with E-state index in [1.165, 1.54) is 10.9 Å². The average molecular weight is 214 g/mol. The molecule has 1 aromatic heterocycles. The molecule has 0 atom stereocenters. The van der Waals surface area contributed by atoms with E-state index in [1.54, 1.807) is 0 Å². The van der Waals surface area contributed by atoms with Crippen molar-refractivity contribution in [1.82, 2.24) is 0 Å². The molecule has 0 amide bonds. The minimum atomic E-state index is 0.637. The predicted molar refractivity (Wildman–Crippen MR) is 69.7 cm³/mol. The molecule has 1 heteroatoms. The lowest BCUT2D eigenvalue weighted by Crippen LogP contribution is -2.16. The third kappa shape index (κ3) is 1.78. The number of fused-ring (bicyclic) bond motifs is 1. The summed E-state index contributed by atoms with van der Waals surface area (Å²) < 4.78 is 5.78. The number of hydrogen-bond acceptors (Lipinski definition) is 1. The van der Waals surface area contributed by atoms with E-state index in [4.69, 9.17) is 4.42 Å². The number of hydrogen-bond donors (Lipinski definition) is 0. The second-order valence-electron chi connectivity index (χ2n) is 4.62. The summed E-state index contributed by atoms with van der Waals surface area (Å²) in [7, 11) is 0. The smallest absolute Gasteiger partial charge is 0.138 e. The van der Waals surface area contributed by atoms with E-state index in [2.05, 4.69) is 44.7 Å². The first-order valence-electron chi connectivity index (χ1n) is 5.79. The van der Waals surface area contributed by atoms with Gasteiger partial charge in [0.2, 0.25) is 0 Å². The molecule has 2 aromatic rings. The Morgan fingerprint density at radius 1 is 1.38 bits per heavy atom. The van der Waals surface area contributed by atoms with E-state index < -0.39 is 0 Å². The van der Waals surface area contributed by atoms with E-state index in [0.29, 0.717) is 5.92 Å². The summed E-state index contributed by atoms with van der Waals surface area (Å²) in [6, 6.07) is 6.35. The standard InChI is InChI=1S/C15H18O/c1-5-13-11(4)16-15-12(9-10(2)3)7-6-8-14(13)15/h5-8,10H,4,9H2,1-3H3/b13-5+. The van der Waals surface area contributed by atoms with Crippen molar-refractivity contribution in [2.24, 2.45) is 5.92 Å². The van der Waals surface area contributed by atoms with Crippen molar-refractivity contribution in [2.45, 2.75) is 27.2 Å². The topological polar surface area (TPSA) is 13.1 Å². The second-order valence-corrected chi connectivity index (χ2v) is 4.62. The van der Waals surface area contributed by atoms with Gasteiger partial charge < -0.3 is 4.42 Å². The van der Waals surface area contributed by atoms with Crippen molar-refractivity contribution in [2.75, 3.05) is 0 Å². The van der Waals surface area contributed by atoms with Crippen LogP contribution in [0.1, 0.15) is 26.3 Å². The Bertz CT molecular complexity index is 602. The second kappa shape index (κ2) is 4.17. The van der Waals surface area contributed by atoms with Gasteiger partial charge in [0, 0.05) is 10.6 Å². The molecular weight excluding hydrogens is 196 g/mol. The minimum Gasteiger partial charge on any atom is -0.456 e. The normalized spacial score (nSPS) is 12.9. The molecule has 0 bridgehead atoms. The molecule has 0 saturated heterocycles. The van der Waals surface area contributed by atoms with Crippen LogP contribution in [0.15, 0.2) is 22.6 Å². The fourth-order valence-electron chi connectivity index (χ4n) is 2.16. The van der Waals surface area contributed by atoms with Gasteiger partial charge in [-0.15, -0.1) is 0 Å². The van der Waals surface area contributed by atoms with Gasteiger partial charge in [-0.1, -0.05) is 44.7 Å². The van der Waals surface area contributed by atoms with Crippen LogP contribution in [0, 0.1) is 5.92 Å². The minimum absolute atomic E-state index is 0.637. The summed E-state index contributed by atoms with van der Waals surface area (Å²) in [5.74, 6) is 0.637. The van der Waals surface area contributed by atoms with E-state index in [-0.39, 0.29) is 0 Å². The summed E-state index contributed by atoms with van der Waals surface area (Å²) in [6.45, 7) is 10.4. The average Bonchev–Trinajstić information content (AvgIpc) is 2.54. The number of benzene rings is 1. The maximum atomic E-state index is 5.78. The highest BCUT2D eigenvalue weighted by Gasteiger charge is 2.08. The van der Waals surface area contributed by atoms with Gasteiger partial charge in [-0.25, -0.2) is 0 Å². The molecule has 0 aliphatic rings. The molecule has 84 valence electrons. The Labute approximate surface area is 96.1 Å². The molecule has 1 heterocycles. The van der Waals surface area contributed by atoms with E-state index in [0.717, 1.165) is 22.6 Å². The molecule has 1 nitrogen and oxygen atoms in total. The quantitative estimate of drug-likeness (QED) is 0.749. The highest BCUT2D eigenvalue weighted by Crippen LogP contribution is 2.18. The van der Waals surface area contributed by atoms with Gasteiger partial charge in [-0.05, 0) is 24.8 Å². The molecule has 16 heavy (non-hydrogen) atoms. The molecule has 0 unspecified atom stereocenters. The van der Waals surface area contributed by atoms with Crippen LogP contribution in [0.5, 0.6) is 0 Å². The monoisotopic (exact) mass is 214 g/mol. The lowest BCUT2D eigenvalue weighted by Gasteiger charge is -2.04. The zero-order valence-corrected chi connectivity index (χ0v) is 10.2. The van der Waals surface area contributed by atoms with Gasteiger partial charge >= 0.3 is 0 Å². The molecule has 2 rings (SSSR count). The summed E-state index contributed by atoms with van der Waals surface area (Å²) in [4.78, 5) is 0. The van der Waals surface area contributed by atoms with Crippen LogP contribution in [0.4, 0.5) is 0 Å². The Kier molecular flexibility index (Phi) is 2.86. The Balaban J connectivity index is 2.75. The first-order valence-corrected chi connectivity index (χ1v) is 5.79. The zero-order valence-electron chi connectivity index (χ0n) is 10.2. The molecule has 0 aliphatic heterocycles. The Morgan fingerprint density at radius 2 is 2.12 bits per heavy atom. The van der Waals surface area contributed by atoms with E-state index in [1.807, 2.05) is 6.92 Å². The molecule has 1 aromatic carbocycles. The van der Waals surface area contributed by atoms with Gasteiger partial charge in [-0.2, -0.15) is 0 Å². The third-order valence-corrected chi connectivity index (χ3v) is 2.83. The molecular formula is C15H18O. The van der Waals surface area contributed by atoms with Gasteiger partial charge in [-0.3, -0.25) is 0 Å². The van der Waals surface area contributed by atoms with Crippen molar-refractivity contribution in [3.05, 3.63) is 34.4 Å². The van der Waals surface area contributed by atoms with Crippen molar-refractivity contribution in [3.8, 4) is 0 Å². The maximum Gasteiger partial charge on any atom is 0.138 e. The maximum absolute atomic E-state index is 5.78. The van der Waals surface area contributed by atoms with Gasteiger partial charge in [0.05, 0.1) is 0 Å². The third-order valence-electron chi connectivity index (χ3n) is 2.83. The fraction of sp³-hybridized carbons (Fsp3) is 0.333. The van der Waals surface area contributed by atoms with E-state index in [9.17, 15) is 0 Å². The van der Waals surface area contributed by atoms with Crippen LogP contribution >= 0.6 is 0 Å². The van der Waals surface area contributed by atoms with Crippen molar-refractivity contribution < 1.29 is 4.42 Å². The van der Waals surface area contributed by atoms with Crippen LogP contribution in [0.25, 0.3) is 23.6 Å². The highest BCUT2D eigenvalue weighted by atomic mass is 16.3. The Hall–Kier alpha value is -1.50. The summed E-state index contributed by atoms with van der Waals surface area (Å²) >= 11 is 0. The van der Waals surface area contributed by atoms with Gasteiger partial charge in [0.1, 0.15) is 11.0 Å². The van der Waals surface area contributed by atoms with Crippen molar-refractivity contribution in [1.29, 1.82) is 0 Å². The van der Waals surface area contributed by atoms with Gasteiger partial charge in [0.15, 0.2) is 0 Å². The first kappa shape index (κ1) is 11.0. The summed E-state index contributed by atoms with van der Waals surface area (Å²) in [6.07, 6.45) is 3.11. The van der Waals surface area contributed by atoms with Crippen molar-refractivity contribution >= 4 is 23.6 Å². The predicted octanol–water partition coefficient (Wildman–Crippen LogP) is 2.84. The lowest BCUT2D eigenvalue weighted by molar-refractivity contribution is 0.565. The van der Waals surface area contributed by atoms with Crippen LogP contribution in [-0.4, -0.2) is 0 Å². The Morgan fingerprint density at radius 3 is 2.75 bits per heavy atom. The summed E-state index contributed by atoms with van der Waals surface area (Å²) in [5, 5.41) is 2.31. The number of furan rings is 1. The molecule has 0 saturated carbocycles. The first-order chi connectivity index (χ1) is 7.63. The SMILES string of the molecule is C=c1oc2c(CC(C)C)cccc2/c1=C/C. The lowest BCUT2D eigenvalue weighted by atomic mass is 10.0. The molecule has 0 aliphatic carbocycles. The zero-order chi connectivity index (χ0) is 11.7. The molecule has 0 spiro atoms. The largest absolute Gasteiger partial charge is 0.456 e. The van der Waals surface area contributed by atoms with Crippen molar-refractivity contribution in [3.63, 3.8) is 0 Å². The number of rotatable bonds is 2. The molecule has 0 radical (unpaired) electrons. The van der Waals surface area contributed by atoms with Crippen LogP contribution in [0.2, 0.25) is 0 Å². The van der Waals surface area contributed by atoms with Crippen LogP contribution < -0.4 is 10.6 Å². The van der Waals surface area contributed by atoms with Crippen LogP contribution in [0.3, 0.4) is 0 Å². The summed E-state index contributed by atoms with van der Waals surface area (Å²) in [5.41, 5.74) is 3.06. The van der Waals surface area contributed by atoms with E-state index >= 15 is 0 Å². The van der Waals surface area contributed by atoms with Gasteiger partial charge in [0.25, 0.3) is 0 Å². The highest BCUT2D eigenvalue weighted by molar-refractivity contribution is 5.81. The van der Waals surface area contributed by atoms with Crippen LogP contribution in [-0.2, 0) is 6.42 Å².